The quantitative estimate of drug-likeness (QED) is 0.488. The average Bonchev–Trinajstić information content (AvgIpc) is 2.31. The summed E-state index contributed by atoms with van der Waals surface area (Å²) in [6.45, 7) is 4.13. The topological polar surface area (TPSA) is 47.6 Å². The van der Waals surface area contributed by atoms with Crippen molar-refractivity contribution in [2.75, 3.05) is 5.88 Å². The lowest BCUT2D eigenvalue weighted by Gasteiger charge is -2.12. The summed E-state index contributed by atoms with van der Waals surface area (Å²) in [5.74, 6) is 1.50. The predicted octanol–water partition coefficient (Wildman–Crippen LogP) is 3.09. The highest BCUT2D eigenvalue weighted by Crippen LogP contribution is 2.19. The third kappa shape index (κ3) is 4.11. The minimum Gasteiger partial charge on any atom is -0.491 e. The molecule has 0 saturated heterocycles. The van der Waals surface area contributed by atoms with Crippen LogP contribution in [0.25, 0.3) is 0 Å². The Morgan fingerprint density at radius 3 is 2.56 bits per heavy atom. The van der Waals surface area contributed by atoms with Crippen molar-refractivity contribution in [1.29, 1.82) is 0 Å². The number of aliphatic imine (C=N–C) groups is 1. The summed E-state index contributed by atoms with van der Waals surface area (Å²) >= 11 is 5.54. The van der Waals surface area contributed by atoms with E-state index in [1.165, 1.54) is 0 Å². The fourth-order valence-corrected chi connectivity index (χ4v) is 1.17. The lowest BCUT2D eigenvalue weighted by atomic mass is 10.3. The second-order valence-corrected chi connectivity index (χ2v) is 3.83. The number of hydrogen-bond acceptors (Lipinski definition) is 2. The smallest absolute Gasteiger partial charge is 0.119 e. The summed E-state index contributed by atoms with van der Waals surface area (Å²) in [5, 5.41) is 0. The molecule has 1 unspecified atom stereocenters. The van der Waals surface area contributed by atoms with E-state index in [2.05, 4.69) is 11.9 Å². The van der Waals surface area contributed by atoms with Gasteiger partial charge in [-0.15, -0.1) is 11.6 Å². The van der Waals surface area contributed by atoms with Crippen molar-refractivity contribution in [3.8, 4) is 5.75 Å². The zero-order chi connectivity index (χ0) is 12.0. The minimum atomic E-state index is 0.224. The lowest BCUT2D eigenvalue weighted by molar-refractivity contribution is 0.217. The standard InChI is InChI=1S/C12H17ClN2O/c1-3-9(2)16-11-6-4-10(5-7-11)15-12(14)8-13/h4-7,9H,3,8H2,1-2H3,(H2,14,15). The monoisotopic (exact) mass is 240 g/mol. The molecule has 0 aliphatic carbocycles. The summed E-state index contributed by atoms with van der Waals surface area (Å²) < 4.78 is 5.64. The Kier molecular flexibility index (Phi) is 5.12. The molecule has 0 aromatic heterocycles. The van der Waals surface area contributed by atoms with Gasteiger partial charge in [-0.05, 0) is 37.6 Å². The normalized spacial score (nSPS) is 13.6. The molecule has 2 N–H and O–H groups in total. The van der Waals surface area contributed by atoms with Gasteiger partial charge in [-0.3, -0.25) is 0 Å². The number of nitrogens with zero attached hydrogens (tertiary/aromatic N) is 1. The molecule has 4 heteroatoms. The molecule has 3 nitrogen and oxygen atoms in total. The van der Waals surface area contributed by atoms with Crippen LogP contribution in [-0.4, -0.2) is 17.8 Å². The minimum absolute atomic E-state index is 0.224. The first-order valence-electron chi connectivity index (χ1n) is 5.31. The average molecular weight is 241 g/mol. The summed E-state index contributed by atoms with van der Waals surface area (Å²) in [4.78, 5) is 4.12. The van der Waals surface area contributed by atoms with Crippen LogP contribution in [-0.2, 0) is 0 Å². The van der Waals surface area contributed by atoms with Gasteiger partial charge in [0.15, 0.2) is 0 Å². The number of benzene rings is 1. The molecule has 1 aromatic rings. The van der Waals surface area contributed by atoms with E-state index in [4.69, 9.17) is 22.1 Å². The Hall–Kier alpha value is -1.22. The molecule has 0 radical (unpaired) electrons. The molecular weight excluding hydrogens is 224 g/mol. The fourth-order valence-electron chi connectivity index (χ4n) is 1.11. The van der Waals surface area contributed by atoms with Crippen LogP contribution in [0.15, 0.2) is 29.3 Å². The molecule has 1 rings (SSSR count). The van der Waals surface area contributed by atoms with E-state index < -0.39 is 0 Å². The summed E-state index contributed by atoms with van der Waals surface area (Å²) in [5.41, 5.74) is 6.32. The molecule has 0 amide bonds. The van der Waals surface area contributed by atoms with E-state index in [0.717, 1.165) is 17.9 Å². The van der Waals surface area contributed by atoms with Crippen LogP contribution < -0.4 is 10.5 Å². The molecule has 88 valence electrons. The third-order valence-electron chi connectivity index (χ3n) is 2.16. The molecule has 0 spiro atoms. The predicted molar refractivity (Wildman–Crippen MR) is 68.8 cm³/mol. The van der Waals surface area contributed by atoms with Crippen molar-refractivity contribution in [3.05, 3.63) is 24.3 Å². The van der Waals surface area contributed by atoms with Crippen molar-refractivity contribution in [1.82, 2.24) is 0 Å². The highest BCUT2D eigenvalue weighted by molar-refractivity contribution is 6.28. The fraction of sp³-hybridized carbons (Fsp3) is 0.417. The number of hydrogen-bond donors (Lipinski definition) is 1. The largest absolute Gasteiger partial charge is 0.491 e. The van der Waals surface area contributed by atoms with Gasteiger partial charge in [0, 0.05) is 0 Å². The second-order valence-electron chi connectivity index (χ2n) is 3.57. The SMILES string of the molecule is CCC(C)Oc1ccc(N=C(N)CCl)cc1. The van der Waals surface area contributed by atoms with Crippen LogP contribution >= 0.6 is 11.6 Å². The maximum absolute atomic E-state index is 5.64. The number of amidine groups is 1. The molecule has 1 atom stereocenters. The molecule has 0 fully saturated rings. The Morgan fingerprint density at radius 1 is 1.44 bits per heavy atom. The van der Waals surface area contributed by atoms with Gasteiger partial charge in [-0.1, -0.05) is 6.92 Å². The van der Waals surface area contributed by atoms with Crippen molar-refractivity contribution in [2.45, 2.75) is 26.4 Å². The molecule has 0 aliphatic heterocycles. The first-order valence-corrected chi connectivity index (χ1v) is 5.85. The van der Waals surface area contributed by atoms with Crippen molar-refractivity contribution >= 4 is 23.1 Å². The molecule has 16 heavy (non-hydrogen) atoms. The second kappa shape index (κ2) is 6.38. The molecule has 0 saturated carbocycles. The van der Waals surface area contributed by atoms with Crippen LogP contribution in [0, 0.1) is 0 Å². The van der Waals surface area contributed by atoms with E-state index in [-0.39, 0.29) is 12.0 Å². The van der Waals surface area contributed by atoms with E-state index >= 15 is 0 Å². The van der Waals surface area contributed by atoms with Crippen LogP contribution in [0.3, 0.4) is 0 Å². The molecule has 0 aliphatic rings. The van der Waals surface area contributed by atoms with Gasteiger partial charge in [0.05, 0.1) is 17.7 Å². The zero-order valence-corrected chi connectivity index (χ0v) is 10.4. The maximum Gasteiger partial charge on any atom is 0.119 e. The number of halogens is 1. The Bertz CT molecular complexity index is 349. The maximum atomic E-state index is 5.64. The van der Waals surface area contributed by atoms with Crippen molar-refractivity contribution in [2.24, 2.45) is 10.7 Å². The van der Waals surface area contributed by atoms with E-state index in [0.29, 0.717) is 5.84 Å². The van der Waals surface area contributed by atoms with Crippen molar-refractivity contribution < 1.29 is 4.74 Å². The van der Waals surface area contributed by atoms with E-state index in [1.54, 1.807) is 0 Å². The highest BCUT2D eigenvalue weighted by Gasteiger charge is 2.00. The van der Waals surface area contributed by atoms with Gasteiger partial charge >= 0.3 is 0 Å². The lowest BCUT2D eigenvalue weighted by Crippen LogP contribution is -2.12. The number of alkyl halides is 1. The first kappa shape index (κ1) is 12.8. The summed E-state index contributed by atoms with van der Waals surface area (Å²) in [7, 11) is 0. The number of nitrogens with two attached hydrogens (primary N) is 1. The van der Waals surface area contributed by atoms with Gasteiger partial charge in [-0.25, -0.2) is 4.99 Å². The van der Waals surface area contributed by atoms with Crippen LogP contribution in [0.4, 0.5) is 5.69 Å². The Balaban J connectivity index is 2.68. The van der Waals surface area contributed by atoms with Gasteiger partial charge in [-0.2, -0.15) is 0 Å². The van der Waals surface area contributed by atoms with Crippen LogP contribution in [0.5, 0.6) is 5.75 Å². The Morgan fingerprint density at radius 2 is 2.06 bits per heavy atom. The number of ether oxygens (including phenoxy) is 1. The molecule has 0 heterocycles. The Labute approximate surface area is 101 Å². The van der Waals surface area contributed by atoms with Gasteiger partial charge in [0.2, 0.25) is 0 Å². The number of rotatable bonds is 5. The summed E-state index contributed by atoms with van der Waals surface area (Å²) in [6, 6.07) is 7.48. The third-order valence-corrected chi connectivity index (χ3v) is 2.43. The van der Waals surface area contributed by atoms with E-state index in [9.17, 15) is 0 Å². The van der Waals surface area contributed by atoms with E-state index in [1.807, 2.05) is 31.2 Å². The first-order chi connectivity index (χ1) is 7.65. The molecule has 0 bridgehead atoms. The van der Waals surface area contributed by atoms with Gasteiger partial charge < -0.3 is 10.5 Å². The molecule has 1 aromatic carbocycles. The van der Waals surface area contributed by atoms with Crippen LogP contribution in [0.1, 0.15) is 20.3 Å². The van der Waals surface area contributed by atoms with Gasteiger partial charge in [0.1, 0.15) is 11.6 Å². The molecular formula is C12H17ClN2O. The van der Waals surface area contributed by atoms with Crippen molar-refractivity contribution in [3.63, 3.8) is 0 Å². The summed E-state index contributed by atoms with van der Waals surface area (Å²) in [6.07, 6.45) is 1.21. The highest BCUT2D eigenvalue weighted by atomic mass is 35.5. The van der Waals surface area contributed by atoms with Gasteiger partial charge in [0.25, 0.3) is 0 Å². The van der Waals surface area contributed by atoms with Crippen LogP contribution in [0.2, 0.25) is 0 Å². The zero-order valence-electron chi connectivity index (χ0n) is 9.61.